The summed E-state index contributed by atoms with van der Waals surface area (Å²) < 4.78 is 33.1. The summed E-state index contributed by atoms with van der Waals surface area (Å²) in [6, 6.07) is 24.5. The lowest BCUT2D eigenvalue weighted by Crippen LogP contribution is -2.31. The largest absolute Gasteiger partial charge is 0.464 e. The van der Waals surface area contributed by atoms with E-state index in [1.54, 1.807) is 42.5 Å². The zero-order valence-corrected chi connectivity index (χ0v) is 22.0. The van der Waals surface area contributed by atoms with Gasteiger partial charge < -0.3 is 19.9 Å². The Bertz CT molecular complexity index is 1380. The van der Waals surface area contributed by atoms with Gasteiger partial charge in [-0.05, 0) is 65.6 Å². The third-order valence-electron chi connectivity index (χ3n) is 6.42. The fraction of sp³-hybridized carbons (Fsp3) is 0.182. The van der Waals surface area contributed by atoms with Crippen LogP contribution in [0.1, 0.15) is 48.3 Å². The van der Waals surface area contributed by atoms with Crippen molar-refractivity contribution in [2.45, 2.75) is 38.0 Å². The molecule has 3 N–H and O–H groups in total. The van der Waals surface area contributed by atoms with Crippen LogP contribution in [0.5, 0.6) is 0 Å². The number of furan rings is 1. The van der Waals surface area contributed by atoms with Gasteiger partial charge in [-0.1, -0.05) is 66.7 Å². The van der Waals surface area contributed by atoms with Crippen molar-refractivity contribution in [2.24, 2.45) is 0 Å². The number of allylic oxidation sites excluding steroid dienone is 2. The van der Waals surface area contributed by atoms with Crippen LogP contribution < -0.4 is 5.32 Å². The molecule has 3 aromatic carbocycles. The maximum Gasteiger partial charge on any atom is 0.223 e. The maximum atomic E-state index is 13.7. The Kier molecular flexibility index (Phi) is 9.78. The Morgan fingerprint density at radius 3 is 2.02 bits per heavy atom. The van der Waals surface area contributed by atoms with Crippen molar-refractivity contribution in [3.05, 3.63) is 143 Å². The third kappa shape index (κ3) is 7.85. The summed E-state index contributed by atoms with van der Waals surface area (Å²) in [5, 5.41) is 24.0. The van der Waals surface area contributed by atoms with Gasteiger partial charge in [0.25, 0.3) is 0 Å². The molecule has 0 spiro atoms. The first-order valence-electron chi connectivity index (χ1n) is 13.0. The predicted molar refractivity (Wildman–Crippen MR) is 151 cm³/mol. The second-order valence-electron chi connectivity index (χ2n) is 9.50. The molecule has 0 saturated carbocycles. The first-order valence-corrected chi connectivity index (χ1v) is 13.0. The quantitative estimate of drug-likeness (QED) is 0.190. The molecule has 0 radical (unpaired) electrons. The summed E-state index contributed by atoms with van der Waals surface area (Å²) in [7, 11) is 0. The van der Waals surface area contributed by atoms with Gasteiger partial charge >= 0.3 is 0 Å². The van der Waals surface area contributed by atoms with E-state index in [0.29, 0.717) is 28.0 Å². The minimum Gasteiger partial charge on any atom is -0.464 e. The van der Waals surface area contributed by atoms with E-state index in [0.717, 1.165) is 5.56 Å². The second-order valence-corrected chi connectivity index (χ2v) is 9.50. The van der Waals surface area contributed by atoms with Crippen LogP contribution in [0, 0.1) is 11.6 Å². The number of aliphatic hydroxyl groups is 2. The number of nitrogens with one attached hydrogen (secondary N) is 1. The van der Waals surface area contributed by atoms with Crippen LogP contribution in [0.4, 0.5) is 8.78 Å². The highest BCUT2D eigenvalue weighted by molar-refractivity contribution is 6.01. The Morgan fingerprint density at radius 1 is 0.875 bits per heavy atom. The van der Waals surface area contributed by atoms with Gasteiger partial charge in [-0.2, -0.15) is 0 Å². The van der Waals surface area contributed by atoms with Crippen molar-refractivity contribution in [2.75, 3.05) is 0 Å². The summed E-state index contributed by atoms with van der Waals surface area (Å²) >= 11 is 0. The van der Waals surface area contributed by atoms with E-state index >= 15 is 0 Å². The molecule has 1 heterocycles. The van der Waals surface area contributed by atoms with E-state index in [9.17, 15) is 23.8 Å². The average molecular weight is 544 g/mol. The second kappa shape index (κ2) is 13.6. The van der Waals surface area contributed by atoms with Crippen LogP contribution in [-0.4, -0.2) is 28.3 Å². The molecule has 5 nitrogen and oxygen atoms in total. The van der Waals surface area contributed by atoms with Crippen molar-refractivity contribution < 1.29 is 28.2 Å². The number of hydrogen-bond acceptors (Lipinski definition) is 4. The van der Waals surface area contributed by atoms with Crippen molar-refractivity contribution in [3.8, 4) is 0 Å². The number of carbonyl (C=O) groups is 1. The number of benzene rings is 3. The van der Waals surface area contributed by atoms with E-state index < -0.39 is 23.8 Å². The molecule has 4 aromatic rings. The number of amides is 1. The molecule has 0 unspecified atom stereocenters. The summed E-state index contributed by atoms with van der Waals surface area (Å²) in [5.41, 5.74) is 3.45. The van der Waals surface area contributed by atoms with Crippen molar-refractivity contribution >= 4 is 17.1 Å². The molecule has 206 valence electrons. The lowest BCUT2D eigenvalue weighted by atomic mass is 9.91. The van der Waals surface area contributed by atoms with Crippen LogP contribution in [0.25, 0.3) is 11.1 Å². The molecule has 0 saturated heterocycles. The highest BCUT2D eigenvalue weighted by Gasteiger charge is 2.18. The minimum atomic E-state index is -1.08. The molecular weight excluding hydrogens is 512 g/mol. The highest BCUT2D eigenvalue weighted by atomic mass is 19.1. The number of aliphatic hydroxyl groups excluding tert-OH is 2. The van der Waals surface area contributed by atoms with Gasteiger partial charge in [0, 0.05) is 12.0 Å². The maximum absolute atomic E-state index is 13.7. The molecule has 0 aliphatic rings. The van der Waals surface area contributed by atoms with Crippen LogP contribution in [-0.2, 0) is 4.79 Å². The Hall–Kier alpha value is -4.33. The van der Waals surface area contributed by atoms with Gasteiger partial charge in [-0.15, -0.1) is 0 Å². The van der Waals surface area contributed by atoms with Crippen molar-refractivity contribution in [1.82, 2.24) is 5.32 Å². The summed E-state index contributed by atoms with van der Waals surface area (Å²) in [6.07, 6.45) is 2.26. The van der Waals surface area contributed by atoms with Gasteiger partial charge in [-0.25, -0.2) is 8.78 Å². The van der Waals surface area contributed by atoms with Gasteiger partial charge in [-0.3, -0.25) is 4.79 Å². The normalized spacial score (nSPS) is 13.5. The van der Waals surface area contributed by atoms with E-state index in [2.05, 4.69) is 5.32 Å². The molecular formula is C33H31F2NO4. The Morgan fingerprint density at radius 2 is 1.48 bits per heavy atom. The summed E-state index contributed by atoms with van der Waals surface area (Å²) in [6.45, 7) is 1.86. The lowest BCUT2D eigenvalue weighted by molar-refractivity contribution is -0.123. The molecule has 0 aliphatic carbocycles. The van der Waals surface area contributed by atoms with E-state index in [-0.39, 0.29) is 24.8 Å². The molecule has 4 rings (SSSR count). The van der Waals surface area contributed by atoms with Gasteiger partial charge in [0.1, 0.15) is 17.4 Å². The Labute approximate surface area is 232 Å². The molecule has 0 fully saturated rings. The van der Waals surface area contributed by atoms with Gasteiger partial charge in [0.15, 0.2) is 0 Å². The smallest absolute Gasteiger partial charge is 0.223 e. The first kappa shape index (κ1) is 28.7. The minimum absolute atomic E-state index is 0.0719. The number of rotatable bonds is 11. The number of hydrogen-bond donors (Lipinski definition) is 3. The SMILES string of the molecule is C[C@@H](NC(=O)C[C@H](O)C[C@H](O)/C=C/C(=C(c1ccc(F)cc1)c1ccc(F)cc1)c1ccco1)c1ccccc1. The van der Waals surface area contributed by atoms with Crippen LogP contribution in [0.15, 0.2) is 114 Å². The number of carbonyl (C=O) groups excluding carboxylic acids is 1. The molecule has 0 aliphatic heterocycles. The molecule has 40 heavy (non-hydrogen) atoms. The molecule has 7 heteroatoms. The van der Waals surface area contributed by atoms with Crippen LogP contribution >= 0.6 is 0 Å². The van der Waals surface area contributed by atoms with E-state index in [1.807, 2.05) is 37.3 Å². The topological polar surface area (TPSA) is 82.7 Å². The van der Waals surface area contributed by atoms with E-state index in [1.165, 1.54) is 36.6 Å². The van der Waals surface area contributed by atoms with Crippen molar-refractivity contribution in [3.63, 3.8) is 0 Å². The summed E-state index contributed by atoms with van der Waals surface area (Å²) in [4.78, 5) is 12.4. The zero-order chi connectivity index (χ0) is 28.5. The average Bonchev–Trinajstić information content (AvgIpc) is 3.47. The van der Waals surface area contributed by atoms with Gasteiger partial charge in [0.2, 0.25) is 5.91 Å². The van der Waals surface area contributed by atoms with Gasteiger partial charge in [0.05, 0.1) is 30.9 Å². The first-order chi connectivity index (χ1) is 19.3. The standard InChI is InChI=1S/C33H31F2NO4/c1-22(23-6-3-2-4-7-23)36-32(39)21-29(38)20-28(37)17-18-30(31-8-5-19-40-31)33(24-9-13-26(34)14-10-24)25-11-15-27(35)16-12-25/h2-19,22,28-29,37-38H,20-21H2,1H3,(H,36,39)/b18-17+/t22-,28-,29-/m1/s1. The lowest BCUT2D eigenvalue weighted by Gasteiger charge is -2.17. The van der Waals surface area contributed by atoms with E-state index in [4.69, 9.17) is 4.42 Å². The molecule has 3 atom stereocenters. The Balaban J connectivity index is 1.54. The fourth-order valence-corrected chi connectivity index (χ4v) is 4.42. The zero-order valence-electron chi connectivity index (χ0n) is 22.0. The molecule has 1 amide bonds. The molecule has 1 aromatic heterocycles. The fourth-order valence-electron chi connectivity index (χ4n) is 4.42. The predicted octanol–water partition coefficient (Wildman–Crippen LogP) is 6.45. The molecule has 0 bridgehead atoms. The third-order valence-corrected chi connectivity index (χ3v) is 6.42. The highest BCUT2D eigenvalue weighted by Crippen LogP contribution is 2.34. The van der Waals surface area contributed by atoms with Crippen molar-refractivity contribution in [1.29, 1.82) is 0 Å². The monoisotopic (exact) mass is 543 g/mol. The summed E-state index contributed by atoms with van der Waals surface area (Å²) in [5.74, 6) is -0.652. The van der Waals surface area contributed by atoms with Crippen LogP contribution in [0.2, 0.25) is 0 Å². The number of halogens is 2. The van der Waals surface area contributed by atoms with Crippen LogP contribution in [0.3, 0.4) is 0 Å².